The third kappa shape index (κ3) is 11.4. The second-order valence-corrected chi connectivity index (χ2v) is 14.2. The van der Waals surface area contributed by atoms with Gasteiger partial charge < -0.3 is 31.3 Å². The highest BCUT2D eigenvalue weighted by molar-refractivity contribution is 6.37. The quantitative estimate of drug-likeness (QED) is 0.180. The number of carbonyl (C=O) groups excluding carboxylic acids is 6. The fraction of sp³-hybridized carbons (Fsp3) is 0.812. The van der Waals surface area contributed by atoms with Crippen LogP contribution in [0.1, 0.15) is 113 Å². The van der Waals surface area contributed by atoms with Crippen LogP contribution in [0.3, 0.4) is 0 Å². The van der Waals surface area contributed by atoms with E-state index in [1.165, 1.54) is 4.90 Å². The number of hydrogen-bond donors (Lipinski definition) is 4. The standard InChI is InChI=1S/C32H55N5O7/c1-19(2)17-24(28(40)34-23(25(38)27(33)39)18-21-13-12-14-21)37-16-11-9-8-10-15-22(29(37)41)35-31(43)36-26(32(5,6)7)30(42)44-20(3)4/h19-24,26H,8-18H2,1-7H3,(H2,33,39)(H,34,40)(H2,35,36,43)/t22-,23?,24+,26-/m1/s1. The van der Waals surface area contributed by atoms with Crippen LogP contribution >= 0.6 is 0 Å². The van der Waals surface area contributed by atoms with E-state index in [1.54, 1.807) is 13.8 Å². The van der Waals surface area contributed by atoms with Gasteiger partial charge in [0, 0.05) is 6.54 Å². The summed E-state index contributed by atoms with van der Waals surface area (Å²) in [6.45, 7) is 13.1. The zero-order valence-corrected chi connectivity index (χ0v) is 27.7. The summed E-state index contributed by atoms with van der Waals surface area (Å²) in [5.41, 5.74) is 4.66. The molecule has 1 aliphatic carbocycles. The largest absolute Gasteiger partial charge is 0.461 e. The highest BCUT2D eigenvalue weighted by Crippen LogP contribution is 2.31. The number of hydrogen-bond acceptors (Lipinski definition) is 7. The number of ketones is 1. The summed E-state index contributed by atoms with van der Waals surface area (Å²) in [7, 11) is 0. The Morgan fingerprint density at radius 2 is 1.57 bits per heavy atom. The first-order valence-electron chi connectivity index (χ1n) is 16.2. The SMILES string of the molecule is CC(C)C[C@@H](C(=O)NC(CC1CCC1)C(=O)C(N)=O)N1CCCCCC[C@@H](NC(=O)N[C@H](C(=O)OC(C)C)C(C)(C)C)C1=O. The van der Waals surface area contributed by atoms with E-state index < -0.39 is 65.1 Å². The maximum absolute atomic E-state index is 14.1. The number of rotatable bonds is 13. The van der Waals surface area contributed by atoms with Gasteiger partial charge in [-0.1, -0.05) is 73.1 Å². The molecule has 0 aromatic heterocycles. The van der Waals surface area contributed by atoms with Crippen LogP contribution in [0, 0.1) is 17.3 Å². The molecular formula is C32H55N5O7. The van der Waals surface area contributed by atoms with E-state index in [4.69, 9.17) is 10.5 Å². The maximum Gasteiger partial charge on any atom is 0.329 e. The molecule has 1 saturated carbocycles. The van der Waals surface area contributed by atoms with Gasteiger partial charge in [-0.25, -0.2) is 9.59 Å². The molecular weight excluding hydrogens is 566 g/mol. The van der Waals surface area contributed by atoms with Gasteiger partial charge in [-0.15, -0.1) is 0 Å². The Bertz CT molecular complexity index is 1030. The Balaban J connectivity index is 2.31. The lowest BCUT2D eigenvalue weighted by molar-refractivity contribution is -0.152. The molecule has 1 unspecified atom stereocenters. The van der Waals surface area contributed by atoms with Gasteiger partial charge >= 0.3 is 12.0 Å². The molecule has 1 aliphatic heterocycles. The van der Waals surface area contributed by atoms with Crippen LogP contribution in [0.5, 0.6) is 0 Å². The highest BCUT2D eigenvalue weighted by atomic mass is 16.5. The minimum absolute atomic E-state index is 0.0253. The van der Waals surface area contributed by atoms with Gasteiger partial charge in [0.25, 0.3) is 5.91 Å². The molecule has 4 atom stereocenters. The normalized spacial score (nSPS) is 20.3. The molecule has 2 aliphatic rings. The summed E-state index contributed by atoms with van der Waals surface area (Å²) in [6.07, 6.45) is 6.58. The Morgan fingerprint density at radius 1 is 0.932 bits per heavy atom. The van der Waals surface area contributed by atoms with Crippen LogP contribution in [0.25, 0.3) is 0 Å². The second-order valence-electron chi connectivity index (χ2n) is 14.2. The van der Waals surface area contributed by atoms with Crippen molar-refractivity contribution >= 4 is 35.5 Å². The molecule has 1 heterocycles. The molecule has 2 fully saturated rings. The number of ether oxygens (including phenoxy) is 1. The number of nitrogens with two attached hydrogens (primary N) is 1. The fourth-order valence-electron chi connectivity index (χ4n) is 5.68. The number of primary amides is 1. The first kappa shape index (κ1) is 37.0. The van der Waals surface area contributed by atoms with Crippen molar-refractivity contribution in [1.29, 1.82) is 0 Å². The van der Waals surface area contributed by atoms with Crippen molar-refractivity contribution in [2.45, 2.75) is 143 Å². The van der Waals surface area contributed by atoms with E-state index in [0.717, 1.165) is 32.1 Å². The molecule has 1 saturated heterocycles. The lowest BCUT2D eigenvalue weighted by Crippen LogP contribution is -2.60. The van der Waals surface area contributed by atoms with E-state index in [2.05, 4.69) is 16.0 Å². The van der Waals surface area contributed by atoms with Crippen molar-refractivity contribution < 1.29 is 33.5 Å². The molecule has 250 valence electrons. The molecule has 0 aromatic carbocycles. The van der Waals surface area contributed by atoms with Crippen LogP contribution in [-0.4, -0.2) is 77.2 Å². The number of nitrogens with zero attached hydrogens (tertiary/aromatic N) is 1. The summed E-state index contributed by atoms with van der Waals surface area (Å²) in [5.74, 6) is -3.19. The van der Waals surface area contributed by atoms with Gasteiger partial charge in [-0.3, -0.25) is 19.2 Å². The number of carbonyl (C=O) groups is 6. The average molecular weight is 622 g/mol. The van der Waals surface area contributed by atoms with Gasteiger partial charge in [-0.2, -0.15) is 0 Å². The van der Waals surface area contributed by atoms with Gasteiger partial charge in [-0.05, 0) is 56.8 Å². The summed E-state index contributed by atoms with van der Waals surface area (Å²) in [4.78, 5) is 79.9. The molecule has 0 aromatic rings. The Morgan fingerprint density at radius 3 is 2.09 bits per heavy atom. The Labute approximate surface area is 262 Å². The third-order valence-electron chi connectivity index (χ3n) is 8.30. The molecule has 5 N–H and O–H groups in total. The predicted octanol–water partition coefficient (Wildman–Crippen LogP) is 2.96. The minimum atomic E-state index is -1.10. The third-order valence-corrected chi connectivity index (χ3v) is 8.30. The molecule has 0 bridgehead atoms. The predicted molar refractivity (Wildman–Crippen MR) is 166 cm³/mol. The van der Waals surface area contributed by atoms with Gasteiger partial charge in [0.05, 0.1) is 12.1 Å². The fourth-order valence-corrected chi connectivity index (χ4v) is 5.68. The summed E-state index contributed by atoms with van der Waals surface area (Å²) >= 11 is 0. The van der Waals surface area contributed by atoms with E-state index in [9.17, 15) is 28.8 Å². The van der Waals surface area contributed by atoms with E-state index in [0.29, 0.717) is 38.6 Å². The topological polar surface area (TPSA) is 177 Å². The van der Waals surface area contributed by atoms with Crippen LogP contribution in [0.2, 0.25) is 0 Å². The number of nitrogens with one attached hydrogen (secondary N) is 3. The summed E-state index contributed by atoms with van der Waals surface area (Å²) in [5, 5.41) is 8.24. The van der Waals surface area contributed by atoms with Crippen LogP contribution < -0.4 is 21.7 Å². The summed E-state index contributed by atoms with van der Waals surface area (Å²) < 4.78 is 5.36. The Kier molecular flexibility index (Phi) is 14.1. The maximum atomic E-state index is 14.1. The molecule has 5 amide bonds. The van der Waals surface area contributed by atoms with Crippen molar-refractivity contribution in [3.63, 3.8) is 0 Å². The highest BCUT2D eigenvalue weighted by Gasteiger charge is 2.39. The van der Waals surface area contributed by atoms with E-state index >= 15 is 0 Å². The average Bonchev–Trinajstić information content (AvgIpc) is 2.96. The second kappa shape index (κ2) is 16.8. The minimum Gasteiger partial charge on any atom is -0.461 e. The van der Waals surface area contributed by atoms with Crippen LogP contribution in [0.4, 0.5) is 4.79 Å². The first-order chi connectivity index (χ1) is 20.5. The smallest absolute Gasteiger partial charge is 0.329 e. The van der Waals surface area contributed by atoms with Gasteiger partial charge in [0.1, 0.15) is 18.1 Å². The lowest BCUT2D eigenvalue weighted by atomic mass is 9.80. The zero-order valence-electron chi connectivity index (χ0n) is 27.7. The van der Waals surface area contributed by atoms with Gasteiger partial charge in [0.15, 0.2) is 0 Å². The van der Waals surface area contributed by atoms with Crippen molar-refractivity contribution in [3.8, 4) is 0 Å². The van der Waals surface area contributed by atoms with Crippen molar-refractivity contribution in [2.75, 3.05) is 6.54 Å². The summed E-state index contributed by atoms with van der Waals surface area (Å²) in [6, 6.07) is -4.54. The molecule has 12 nitrogen and oxygen atoms in total. The Hall–Kier alpha value is -3.18. The number of amides is 5. The van der Waals surface area contributed by atoms with Crippen molar-refractivity contribution in [3.05, 3.63) is 0 Å². The lowest BCUT2D eigenvalue weighted by Gasteiger charge is -2.36. The monoisotopic (exact) mass is 621 g/mol. The molecule has 0 spiro atoms. The van der Waals surface area contributed by atoms with Crippen molar-refractivity contribution in [2.24, 2.45) is 23.0 Å². The molecule has 2 rings (SSSR count). The van der Waals surface area contributed by atoms with Crippen LogP contribution in [-0.2, 0) is 28.7 Å². The van der Waals surface area contributed by atoms with Crippen LogP contribution in [0.15, 0.2) is 0 Å². The number of esters is 1. The van der Waals surface area contributed by atoms with Crippen molar-refractivity contribution in [1.82, 2.24) is 20.9 Å². The molecule has 44 heavy (non-hydrogen) atoms. The van der Waals surface area contributed by atoms with E-state index in [1.807, 2.05) is 34.6 Å². The number of urea groups is 1. The molecule has 12 heteroatoms. The zero-order chi connectivity index (χ0) is 33.2. The number of Topliss-reactive ketones (excluding diaryl/α,β-unsaturated/α-hetero) is 1. The first-order valence-corrected chi connectivity index (χ1v) is 16.2. The molecule has 0 radical (unpaired) electrons. The van der Waals surface area contributed by atoms with E-state index in [-0.39, 0.29) is 17.9 Å². The van der Waals surface area contributed by atoms with Gasteiger partial charge in [0.2, 0.25) is 17.6 Å².